The molecule has 0 spiro atoms. The first-order valence-corrected chi connectivity index (χ1v) is 6.68. The lowest BCUT2D eigenvalue weighted by atomic mass is 9.80. The first kappa shape index (κ1) is 16.1. The van der Waals surface area contributed by atoms with E-state index < -0.39 is 0 Å². The highest BCUT2D eigenvalue weighted by Gasteiger charge is 2.17. The maximum atomic E-state index is 3.35. The molecule has 0 fully saturated rings. The standard InChI is InChI=1S/C15H30N2/c1-7-10-14(16-6)17-12-9-8-11-13(2)15(3,4)5/h8-10,13,16-17H,7,11-12H2,1-6H3/b9-8-,14-10-. The number of hydrogen-bond acceptors (Lipinski definition) is 2. The van der Waals surface area contributed by atoms with Gasteiger partial charge < -0.3 is 10.6 Å². The van der Waals surface area contributed by atoms with Gasteiger partial charge in [0.2, 0.25) is 0 Å². The largest absolute Gasteiger partial charge is 0.375 e. The molecule has 17 heavy (non-hydrogen) atoms. The summed E-state index contributed by atoms with van der Waals surface area (Å²) >= 11 is 0. The molecule has 0 heterocycles. The molecule has 1 atom stereocenters. The Kier molecular flexibility index (Phi) is 7.77. The van der Waals surface area contributed by atoms with Crippen molar-refractivity contribution in [3.63, 3.8) is 0 Å². The summed E-state index contributed by atoms with van der Waals surface area (Å²) in [4.78, 5) is 0. The molecule has 0 bridgehead atoms. The normalized spacial score (nSPS) is 15.1. The Balaban J connectivity index is 3.86. The average Bonchev–Trinajstić information content (AvgIpc) is 2.25. The SMILES string of the molecule is CC/C=C(/NC)NC/C=C\CC(C)C(C)(C)C. The Bertz CT molecular complexity index is 246. The van der Waals surface area contributed by atoms with Crippen LogP contribution in [0.4, 0.5) is 0 Å². The van der Waals surface area contributed by atoms with Crippen molar-refractivity contribution in [2.45, 2.75) is 47.5 Å². The predicted molar refractivity (Wildman–Crippen MR) is 77.8 cm³/mol. The van der Waals surface area contributed by atoms with Crippen molar-refractivity contribution in [3.8, 4) is 0 Å². The number of allylic oxidation sites excluding steroid dienone is 2. The van der Waals surface area contributed by atoms with Crippen molar-refractivity contribution in [1.29, 1.82) is 0 Å². The van der Waals surface area contributed by atoms with Crippen molar-refractivity contribution >= 4 is 0 Å². The van der Waals surface area contributed by atoms with Gasteiger partial charge in [-0.1, -0.05) is 46.8 Å². The fourth-order valence-corrected chi connectivity index (χ4v) is 1.37. The van der Waals surface area contributed by atoms with E-state index >= 15 is 0 Å². The average molecular weight is 238 g/mol. The lowest BCUT2D eigenvalue weighted by Crippen LogP contribution is -2.23. The summed E-state index contributed by atoms with van der Waals surface area (Å²) in [5.41, 5.74) is 0.399. The molecule has 0 aromatic carbocycles. The van der Waals surface area contributed by atoms with E-state index in [1.54, 1.807) is 0 Å². The Labute approximate surface area is 108 Å². The molecular formula is C15H30N2. The van der Waals surface area contributed by atoms with Crippen LogP contribution in [-0.4, -0.2) is 13.6 Å². The topological polar surface area (TPSA) is 24.1 Å². The van der Waals surface area contributed by atoms with E-state index in [1.807, 2.05) is 7.05 Å². The number of rotatable bonds is 7. The molecule has 1 unspecified atom stereocenters. The van der Waals surface area contributed by atoms with Crippen molar-refractivity contribution < 1.29 is 0 Å². The summed E-state index contributed by atoms with van der Waals surface area (Å²) in [6.07, 6.45) is 8.85. The van der Waals surface area contributed by atoms with Gasteiger partial charge in [0.05, 0.1) is 5.82 Å². The van der Waals surface area contributed by atoms with E-state index in [0.717, 1.165) is 25.2 Å². The maximum absolute atomic E-state index is 3.35. The van der Waals surface area contributed by atoms with Crippen LogP contribution in [0.25, 0.3) is 0 Å². The molecule has 0 rings (SSSR count). The summed E-state index contributed by atoms with van der Waals surface area (Å²) in [6.45, 7) is 12.2. The minimum atomic E-state index is 0.399. The minimum Gasteiger partial charge on any atom is -0.375 e. The molecule has 0 aliphatic rings. The van der Waals surface area contributed by atoms with Gasteiger partial charge >= 0.3 is 0 Å². The fraction of sp³-hybridized carbons (Fsp3) is 0.733. The smallest absolute Gasteiger partial charge is 0.0945 e. The monoisotopic (exact) mass is 238 g/mol. The highest BCUT2D eigenvalue weighted by Crippen LogP contribution is 2.27. The molecule has 2 nitrogen and oxygen atoms in total. The Hall–Kier alpha value is -0.920. The van der Waals surface area contributed by atoms with Gasteiger partial charge in [0, 0.05) is 13.6 Å². The van der Waals surface area contributed by atoms with Gasteiger partial charge in [0.15, 0.2) is 0 Å². The third-order valence-electron chi connectivity index (χ3n) is 3.22. The van der Waals surface area contributed by atoms with Crippen LogP contribution in [0.2, 0.25) is 0 Å². The van der Waals surface area contributed by atoms with Crippen LogP contribution in [-0.2, 0) is 0 Å². The second-order valence-corrected chi connectivity index (χ2v) is 5.63. The third-order valence-corrected chi connectivity index (χ3v) is 3.22. The van der Waals surface area contributed by atoms with Crippen molar-refractivity contribution in [3.05, 3.63) is 24.0 Å². The van der Waals surface area contributed by atoms with E-state index in [1.165, 1.54) is 0 Å². The second kappa shape index (κ2) is 8.21. The van der Waals surface area contributed by atoms with Gasteiger partial charge in [-0.05, 0) is 30.3 Å². The second-order valence-electron chi connectivity index (χ2n) is 5.63. The summed E-state index contributed by atoms with van der Waals surface area (Å²) < 4.78 is 0. The summed E-state index contributed by atoms with van der Waals surface area (Å²) in [6, 6.07) is 0. The Morgan fingerprint density at radius 1 is 1.24 bits per heavy atom. The lowest BCUT2D eigenvalue weighted by molar-refractivity contribution is 0.264. The first-order valence-electron chi connectivity index (χ1n) is 6.68. The third kappa shape index (κ3) is 7.89. The van der Waals surface area contributed by atoms with E-state index in [9.17, 15) is 0 Å². The highest BCUT2D eigenvalue weighted by atomic mass is 15.1. The molecule has 100 valence electrons. The fourth-order valence-electron chi connectivity index (χ4n) is 1.37. The van der Waals surface area contributed by atoms with Gasteiger partial charge in [0.25, 0.3) is 0 Å². The van der Waals surface area contributed by atoms with Crippen LogP contribution in [0.1, 0.15) is 47.5 Å². The molecular weight excluding hydrogens is 208 g/mol. The van der Waals surface area contributed by atoms with E-state index in [0.29, 0.717) is 11.3 Å². The Morgan fingerprint density at radius 2 is 1.88 bits per heavy atom. The van der Waals surface area contributed by atoms with Crippen LogP contribution >= 0.6 is 0 Å². The van der Waals surface area contributed by atoms with Crippen LogP contribution in [0.15, 0.2) is 24.0 Å². The molecule has 0 saturated carbocycles. The van der Waals surface area contributed by atoms with Gasteiger partial charge in [-0.3, -0.25) is 0 Å². The zero-order chi connectivity index (χ0) is 13.3. The first-order chi connectivity index (χ1) is 7.91. The van der Waals surface area contributed by atoms with E-state index in [4.69, 9.17) is 0 Å². The molecule has 0 saturated heterocycles. The van der Waals surface area contributed by atoms with Gasteiger partial charge in [-0.15, -0.1) is 0 Å². The molecule has 0 aromatic rings. The van der Waals surface area contributed by atoms with E-state index in [-0.39, 0.29) is 0 Å². The summed E-state index contributed by atoms with van der Waals surface area (Å²) in [7, 11) is 1.94. The van der Waals surface area contributed by atoms with Crippen molar-refractivity contribution in [1.82, 2.24) is 10.6 Å². The molecule has 0 aromatic heterocycles. The number of hydrogen-bond donors (Lipinski definition) is 2. The minimum absolute atomic E-state index is 0.399. The molecule has 0 aliphatic heterocycles. The molecule has 0 aliphatic carbocycles. The van der Waals surface area contributed by atoms with Crippen LogP contribution < -0.4 is 10.6 Å². The molecule has 0 amide bonds. The van der Waals surface area contributed by atoms with E-state index in [2.05, 4.69) is 63.5 Å². The quantitative estimate of drug-likeness (QED) is 0.661. The van der Waals surface area contributed by atoms with Gasteiger partial charge in [-0.25, -0.2) is 0 Å². The predicted octanol–water partition coefficient (Wildman–Crippen LogP) is 3.68. The zero-order valence-corrected chi connectivity index (χ0v) is 12.4. The van der Waals surface area contributed by atoms with Gasteiger partial charge in [-0.2, -0.15) is 0 Å². The van der Waals surface area contributed by atoms with Crippen molar-refractivity contribution in [2.75, 3.05) is 13.6 Å². The number of nitrogens with one attached hydrogen (secondary N) is 2. The lowest BCUT2D eigenvalue weighted by Gasteiger charge is -2.26. The van der Waals surface area contributed by atoms with Crippen molar-refractivity contribution in [2.24, 2.45) is 11.3 Å². The summed E-state index contributed by atoms with van der Waals surface area (Å²) in [5.74, 6) is 1.83. The summed E-state index contributed by atoms with van der Waals surface area (Å²) in [5, 5.41) is 6.49. The van der Waals surface area contributed by atoms with Crippen LogP contribution in [0.5, 0.6) is 0 Å². The Morgan fingerprint density at radius 3 is 2.35 bits per heavy atom. The zero-order valence-electron chi connectivity index (χ0n) is 12.4. The molecule has 2 N–H and O–H groups in total. The molecule has 2 heteroatoms. The van der Waals surface area contributed by atoms with Crippen LogP contribution in [0, 0.1) is 11.3 Å². The van der Waals surface area contributed by atoms with Gasteiger partial charge in [0.1, 0.15) is 0 Å². The maximum Gasteiger partial charge on any atom is 0.0945 e. The van der Waals surface area contributed by atoms with Crippen LogP contribution in [0.3, 0.4) is 0 Å². The molecule has 0 radical (unpaired) electrons. The highest BCUT2D eigenvalue weighted by molar-refractivity contribution is 4.98.